The Bertz CT molecular complexity index is 575. The summed E-state index contributed by atoms with van der Waals surface area (Å²) in [7, 11) is 0. The number of nitrogens with zero attached hydrogens (tertiary/aromatic N) is 1. The second-order valence-electron chi connectivity index (χ2n) is 5.79. The molecule has 1 saturated heterocycles. The van der Waals surface area contributed by atoms with Gasteiger partial charge >= 0.3 is 0 Å². The lowest BCUT2D eigenvalue weighted by molar-refractivity contribution is -0.123. The molecule has 2 rings (SSSR count). The molecule has 3 nitrogen and oxygen atoms in total. The SMILES string of the molecule is C/C(=C\C(=O)N1C(=S)OC[C@@H]1C(C)C)c1ccc(C)cc1. The lowest BCUT2D eigenvalue weighted by Gasteiger charge is -2.23. The molecule has 0 radical (unpaired) electrons. The van der Waals surface area contributed by atoms with E-state index >= 15 is 0 Å². The Kier molecular flexibility index (Phi) is 4.78. The highest BCUT2D eigenvalue weighted by molar-refractivity contribution is 7.80. The van der Waals surface area contributed by atoms with Gasteiger partial charge in [0.1, 0.15) is 6.61 Å². The zero-order valence-electron chi connectivity index (χ0n) is 12.9. The summed E-state index contributed by atoms with van der Waals surface area (Å²) >= 11 is 5.15. The van der Waals surface area contributed by atoms with E-state index in [1.54, 1.807) is 11.0 Å². The maximum atomic E-state index is 12.5. The van der Waals surface area contributed by atoms with Gasteiger partial charge in [-0.15, -0.1) is 0 Å². The van der Waals surface area contributed by atoms with Gasteiger partial charge in [-0.05, 0) is 43.1 Å². The predicted molar refractivity (Wildman–Crippen MR) is 88.9 cm³/mol. The highest BCUT2D eigenvalue weighted by Crippen LogP contribution is 2.22. The van der Waals surface area contributed by atoms with Gasteiger partial charge in [-0.1, -0.05) is 43.7 Å². The molecule has 1 heterocycles. The maximum Gasteiger partial charge on any atom is 0.266 e. The van der Waals surface area contributed by atoms with Crippen LogP contribution in [0.5, 0.6) is 0 Å². The first-order chi connectivity index (χ1) is 9.90. The minimum Gasteiger partial charge on any atom is -0.468 e. The van der Waals surface area contributed by atoms with Gasteiger partial charge in [-0.2, -0.15) is 0 Å². The Morgan fingerprint density at radius 1 is 1.38 bits per heavy atom. The number of aryl methyl sites for hydroxylation is 1. The van der Waals surface area contributed by atoms with Gasteiger partial charge in [0, 0.05) is 6.08 Å². The maximum absolute atomic E-state index is 12.5. The Morgan fingerprint density at radius 3 is 2.57 bits per heavy atom. The van der Waals surface area contributed by atoms with Crippen molar-refractivity contribution in [1.29, 1.82) is 0 Å². The average molecular weight is 303 g/mol. The number of ether oxygens (including phenoxy) is 1. The number of amides is 1. The molecule has 4 heteroatoms. The topological polar surface area (TPSA) is 29.5 Å². The molecule has 0 aliphatic carbocycles. The molecule has 0 spiro atoms. The summed E-state index contributed by atoms with van der Waals surface area (Å²) in [5.41, 5.74) is 3.17. The van der Waals surface area contributed by atoms with Crippen molar-refractivity contribution >= 4 is 28.9 Å². The molecule has 112 valence electrons. The fourth-order valence-corrected chi connectivity index (χ4v) is 2.63. The lowest BCUT2D eigenvalue weighted by Crippen LogP contribution is -2.40. The highest BCUT2D eigenvalue weighted by Gasteiger charge is 2.35. The van der Waals surface area contributed by atoms with E-state index in [0.717, 1.165) is 11.1 Å². The molecular weight excluding hydrogens is 282 g/mol. The van der Waals surface area contributed by atoms with Crippen LogP contribution in [0.2, 0.25) is 0 Å². The average Bonchev–Trinajstić information content (AvgIpc) is 2.81. The molecule has 1 aliphatic rings. The summed E-state index contributed by atoms with van der Waals surface area (Å²) in [5, 5.41) is 0.284. The predicted octanol–water partition coefficient (Wildman–Crippen LogP) is 3.57. The molecule has 1 aromatic carbocycles. The van der Waals surface area contributed by atoms with Gasteiger partial charge in [0.05, 0.1) is 6.04 Å². The van der Waals surface area contributed by atoms with Crippen LogP contribution in [0.25, 0.3) is 5.57 Å². The van der Waals surface area contributed by atoms with Gasteiger partial charge in [0.25, 0.3) is 11.1 Å². The zero-order valence-corrected chi connectivity index (χ0v) is 13.7. The van der Waals surface area contributed by atoms with Crippen LogP contribution in [0, 0.1) is 12.8 Å². The minimum atomic E-state index is -0.103. The summed E-state index contributed by atoms with van der Waals surface area (Å²) in [6.07, 6.45) is 1.64. The van der Waals surface area contributed by atoms with Crippen LogP contribution in [0.1, 0.15) is 31.9 Å². The number of carbonyl (C=O) groups is 1. The minimum absolute atomic E-state index is 0.0204. The van der Waals surface area contributed by atoms with Crippen molar-refractivity contribution in [2.24, 2.45) is 5.92 Å². The Hall–Kier alpha value is -1.68. The highest BCUT2D eigenvalue weighted by atomic mass is 32.1. The number of rotatable bonds is 3. The molecule has 0 N–H and O–H groups in total. The Morgan fingerprint density at radius 2 is 2.00 bits per heavy atom. The van der Waals surface area contributed by atoms with Gasteiger partial charge < -0.3 is 4.74 Å². The summed E-state index contributed by atoms with van der Waals surface area (Å²) < 4.78 is 5.37. The summed E-state index contributed by atoms with van der Waals surface area (Å²) in [6, 6.07) is 8.14. The second kappa shape index (κ2) is 6.39. The molecule has 1 aliphatic heterocycles. The smallest absolute Gasteiger partial charge is 0.266 e. The largest absolute Gasteiger partial charge is 0.468 e. The Balaban J connectivity index is 2.21. The van der Waals surface area contributed by atoms with Crippen molar-refractivity contribution < 1.29 is 9.53 Å². The van der Waals surface area contributed by atoms with Gasteiger partial charge in [-0.3, -0.25) is 9.69 Å². The monoisotopic (exact) mass is 303 g/mol. The second-order valence-corrected chi connectivity index (χ2v) is 6.14. The number of benzene rings is 1. The quantitative estimate of drug-likeness (QED) is 0.631. The van der Waals surface area contributed by atoms with E-state index in [1.165, 1.54) is 5.56 Å². The molecule has 1 aromatic rings. The van der Waals surface area contributed by atoms with E-state index in [1.807, 2.05) is 38.1 Å². The molecule has 0 aromatic heterocycles. The van der Waals surface area contributed by atoms with Crippen molar-refractivity contribution in [1.82, 2.24) is 4.90 Å². The van der Waals surface area contributed by atoms with Crippen LogP contribution >= 0.6 is 12.2 Å². The number of allylic oxidation sites excluding steroid dienone is 1. The molecule has 1 atom stereocenters. The van der Waals surface area contributed by atoms with E-state index in [-0.39, 0.29) is 17.1 Å². The van der Waals surface area contributed by atoms with Crippen LogP contribution < -0.4 is 0 Å². The third-order valence-corrected chi connectivity index (χ3v) is 4.07. The molecule has 0 bridgehead atoms. The van der Waals surface area contributed by atoms with Crippen LogP contribution in [0.4, 0.5) is 0 Å². The summed E-state index contributed by atoms with van der Waals surface area (Å²) in [6.45, 7) is 8.60. The first-order valence-electron chi connectivity index (χ1n) is 7.15. The van der Waals surface area contributed by atoms with Crippen LogP contribution in [0.3, 0.4) is 0 Å². The number of hydrogen-bond acceptors (Lipinski definition) is 3. The normalized spacial score (nSPS) is 19.1. The molecule has 21 heavy (non-hydrogen) atoms. The van der Waals surface area contributed by atoms with Gasteiger partial charge in [-0.25, -0.2) is 0 Å². The van der Waals surface area contributed by atoms with Crippen molar-refractivity contribution in [3.05, 3.63) is 41.5 Å². The summed E-state index contributed by atoms with van der Waals surface area (Å²) in [4.78, 5) is 14.1. The van der Waals surface area contributed by atoms with Crippen LogP contribution in [0.15, 0.2) is 30.3 Å². The third kappa shape index (κ3) is 3.50. The third-order valence-electron chi connectivity index (χ3n) is 3.76. The van der Waals surface area contributed by atoms with Crippen molar-refractivity contribution in [2.45, 2.75) is 33.7 Å². The van der Waals surface area contributed by atoms with Crippen molar-refractivity contribution in [3.63, 3.8) is 0 Å². The van der Waals surface area contributed by atoms with Crippen molar-refractivity contribution in [3.8, 4) is 0 Å². The first-order valence-corrected chi connectivity index (χ1v) is 7.56. The fraction of sp³-hybridized carbons (Fsp3) is 0.412. The van der Waals surface area contributed by atoms with Crippen LogP contribution in [-0.2, 0) is 9.53 Å². The lowest BCUT2D eigenvalue weighted by atomic mass is 10.0. The zero-order chi connectivity index (χ0) is 15.6. The van der Waals surface area contributed by atoms with Crippen molar-refractivity contribution in [2.75, 3.05) is 6.61 Å². The molecule has 1 fully saturated rings. The van der Waals surface area contributed by atoms with E-state index in [0.29, 0.717) is 12.5 Å². The van der Waals surface area contributed by atoms with Crippen LogP contribution in [-0.4, -0.2) is 28.6 Å². The first kappa shape index (κ1) is 15.7. The summed E-state index contributed by atoms with van der Waals surface area (Å²) in [5.74, 6) is 0.205. The van der Waals surface area contributed by atoms with E-state index < -0.39 is 0 Å². The Labute approximate surface area is 131 Å². The van der Waals surface area contributed by atoms with Gasteiger partial charge in [0.2, 0.25) is 0 Å². The number of hydrogen-bond donors (Lipinski definition) is 0. The molecule has 1 amide bonds. The fourth-order valence-electron chi connectivity index (χ4n) is 2.33. The van der Waals surface area contributed by atoms with E-state index in [4.69, 9.17) is 17.0 Å². The number of carbonyl (C=O) groups excluding carboxylic acids is 1. The molecule has 0 saturated carbocycles. The van der Waals surface area contributed by atoms with Gasteiger partial charge in [0.15, 0.2) is 0 Å². The molecular formula is C17H21NO2S. The number of thiocarbonyl (C=S) groups is 1. The van der Waals surface area contributed by atoms with E-state index in [2.05, 4.69) is 13.8 Å². The molecule has 0 unspecified atom stereocenters. The van der Waals surface area contributed by atoms with E-state index in [9.17, 15) is 4.79 Å². The standard InChI is InChI=1S/C17H21NO2S/c1-11(2)15-10-20-17(21)18(15)16(19)9-13(4)14-7-5-12(3)6-8-14/h5-9,11,15H,10H2,1-4H3/b13-9+/t15-/m1/s1.